The van der Waals surface area contributed by atoms with Crippen LogP contribution in [0.2, 0.25) is 0 Å². The van der Waals surface area contributed by atoms with Crippen LogP contribution in [-0.4, -0.2) is 32.3 Å². The molecule has 0 aromatic rings. The fraction of sp³-hybridized carbons (Fsp3) is 1.00. The molecule has 0 N–H and O–H groups in total. The molecule has 1 saturated carbocycles. The molecule has 0 aliphatic heterocycles. The highest BCUT2D eigenvalue weighted by atomic mass is 35.5. The first-order valence-electron chi connectivity index (χ1n) is 5.94. The lowest BCUT2D eigenvalue weighted by Crippen LogP contribution is -2.25. The third kappa shape index (κ3) is 5.19. The van der Waals surface area contributed by atoms with E-state index in [9.17, 15) is 0 Å². The molecule has 3 atom stereocenters. The maximum atomic E-state index is 6.31. The summed E-state index contributed by atoms with van der Waals surface area (Å²) in [4.78, 5) is 0. The van der Waals surface area contributed by atoms with Gasteiger partial charge in [-0.05, 0) is 37.5 Å². The molecule has 0 spiro atoms. The zero-order valence-corrected chi connectivity index (χ0v) is 10.6. The Hall–Kier alpha value is 0.210. The summed E-state index contributed by atoms with van der Waals surface area (Å²) in [6, 6.07) is 0. The summed E-state index contributed by atoms with van der Waals surface area (Å²) in [5, 5.41) is 0.368. The van der Waals surface area contributed by atoms with Crippen LogP contribution in [0, 0.1) is 11.8 Å². The molecule has 1 aliphatic carbocycles. The molecule has 0 aromatic carbocycles. The number of methoxy groups -OCH3 is 1. The highest BCUT2D eigenvalue weighted by molar-refractivity contribution is 6.20. The molecule has 90 valence electrons. The van der Waals surface area contributed by atoms with Gasteiger partial charge in [0, 0.05) is 19.1 Å². The van der Waals surface area contributed by atoms with Crippen molar-refractivity contribution in [1.29, 1.82) is 0 Å². The van der Waals surface area contributed by atoms with Gasteiger partial charge in [-0.15, -0.1) is 11.6 Å². The van der Waals surface area contributed by atoms with Gasteiger partial charge < -0.3 is 9.47 Å². The van der Waals surface area contributed by atoms with E-state index in [0.29, 0.717) is 24.5 Å². The quantitative estimate of drug-likeness (QED) is 0.520. The van der Waals surface area contributed by atoms with Crippen LogP contribution < -0.4 is 0 Å². The van der Waals surface area contributed by atoms with Crippen molar-refractivity contribution in [2.45, 2.75) is 38.0 Å². The van der Waals surface area contributed by atoms with Crippen molar-refractivity contribution in [1.82, 2.24) is 0 Å². The van der Waals surface area contributed by atoms with Crippen molar-refractivity contribution < 1.29 is 9.47 Å². The summed E-state index contributed by atoms with van der Waals surface area (Å²) in [5.41, 5.74) is 0. The zero-order chi connectivity index (χ0) is 11.1. The molecule has 1 fully saturated rings. The summed E-state index contributed by atoms with van der Waals surface area (Å²) in [7, 11) is 1.70. The highest BCUT2D eigenvalue weighted by Gasteiger charge is 2.26. The number of ether oxygens (including phenoxy) is 2. The Morgan fingerprint density at radius 3 is 2.73 bits per heavy atom. The summed E-state index contributed by atoms with van der Waals surface area (Å²) in [5.74, 6) is 1.49. The Morgan fingerprint density at radius 2 is 2.00 bits per heavy atom. The molecule has 0 heterocycles. The first kappa shape index (κ1) is 13.3. The second-order valence-electron chi connectivity index (χ2n) is 4.59. The number of hydrogen-bond acceptors (Lipinski definition) is 2. The molecule has 3 unspecified atom stereocenters. The standard InChI is InChI=1S/C12H23ClO2/c1-10-3-4-12(13)11(9-10)5-6-15-8-7-14-2/h10-12H,3-9H2,1-2H3. The van der Waals surface area contributed by atoms with Gasteiger partial charge >= 0.3 is 0 Å². The molecule has 2 nitrogen and oxygen atoms in total. The molecule has 0 amide bonds. The molecule has 1 aliphatic rings. The monoisotopic (exact) mass is 234 g/mol. The number of halogens is 1. The van der Waals surface area contributed by atoms with Crippen LogP contribution in [-0.2, 0) is 9.47 Å². The van der Waals surface area contributed by atoms with E-state index in [0.717, 1.165) is 18.9 Å². The van der Waals surface area contributed by atoms with Crippen LogP contribution in [0.3, 0.4) is 0 Å². The largest absolute Gasteiger partial charge is 0.382 e. The van der Waals surface area contributed by atoms with Crippen LogP contribution >= 0.6 is 11.6 Å². The minimum absolute atomic E-state index is 0.368. The first-order valence-corrected chi connectivity index (χ1v) is 6.38. The van der Waals surface area contributed by atoms with Crippen molar-refractivity contribution in [3.05, 3.63) is 0 Å². The predicted molar refractivity (Wildman–Crippen MR) is 63.5 cm³/mol. The number of rotatable bonds is 6. The van der Waals surface area contributed by atoms with E-state index in [1.54, 1.807) is 7.11 Å². The van der Waals surface area contributed by atoms with Crippen molar-refractivity contribution in [2.24, 2.45) is 11.8 Å². The van der Waals surface area contributed by atoms with Gasteiger partial charge in [0.2, 0.25) is 0 Å². The van der Waals surface area contributed by atoms with E-state index in [1.807, 2.05) is 0 Å². The summed E-state index contributed by atoms with van der Waals surface area (Å²) in [6.45, 7) is 4.53. The van der Waals surface area contributed by atoms with E-state index in [4.69, 9.17) is 21.1 Å². The van der Waals surface area contributed by atoms with Crippen LogP contribution in [0.4, 0.5) is 0 Å². The van der Waals surface area contributed by atoms with E-state index in [1.165, 1.54) is 19.3 Å². The fourth-order valence-electron chi connectivity index (χ4n) is 2.24. The van der Waals surface area contributed by atoms with Crippen LogP contribution in [0.1, 0.15) is 32.6 Å². The lowest BCUT2D eigenvalue weighted by atomic mass is 9.80. The second kappa shape index (κ2) is 7.48. The van der Waals surface area contributed by atoms with Gasteiger partial charge in [-0.25, -0.2) is 0 Å². The molecule has 0 aromatic heterocycles. The smallest absolute Gasteiger partial charge is 0.0700 e. The average molecular weight is 235 g/mol. The molecule has 15 heavy (non-hydrogen) atoms. The average Bonchev–Trinajstić information content (AvgIpc) is 2.23. The lowest BCUT2D eigenvalue weighted by Gasteiger charge is -2.31. The molecule has 1 rings (SSSR count). The minimum atomic E-state index is 0.368. The van der Waals surface area contributed by atoms with Crippen molar-refractivity contribution in [2.75, 3.05) is 26.9 Å². The Kier molecular flexibility index (Phi) is 6.62. The van der Waals surface area contributed by atoms with Gasteiger partial charge in [-0.1, -0.05) is 6.92 Å². The topological polar surface area (TPSA) is 18.5 Å². The van der Waals surface area contributed by atoms with Crippen molar-refractivity contribution >= 4 is 11.6 Å². The summed E-state index contributed by atoms with van der Waals surface area (Å²) in [6.07, 6.45) is 4.82. The van der Waals surface area contributed by atoms with Gasteiger partial charge in [-0.2, -0.15) is 0 Å². The van der Waals surface area contributed by atoms with Gasteiger partial charge in [0.05, 0.1) is 13.2 Å². The molecule has 3 heteroatoms. The third-order valence-electron chi connectivity index (χ3n) is 3.22. The van der Waals surface area contributed by atoms with Gasteiger partial charge in [0.25, 0.3) is 0 Å². The summed E-state index contributed by atoms with van der Waals surface area (Å²) >= 11 is 6.31. The maximum Gasteiger partial charge on any atom is 0.0700 e. The predicted octanol–water partition coefficient (Wildman–Crippen LogP) is 3.08. The van der Waals surface area contributed by atoms with Gasteiger partial charge in [0.1, 0.15) is 0 Å². The molecular formula is C12H23ClO2. The molecule has 0 saturated heterocycles. The molecule has 0 radical (unpaired) electrons. The van der Waals surface area contributed by atoms with Crippen LogP contribution in [0.5, 0.6) is 0 Å². The minimum Gasteiger partial charge on any atom is -0.382 e. The Labute approximate surface area is 98.3 Å². The van der Waals surface area contributed by atoms with Crippen molar-refractivity contribution in [3.8, 4) is 0 Å². The van der Waals surface area contributed by atoms with E-state index in [2.05, 4.69) is 6.92 Å². The van der Waals surface area contributed by atoms with Crippen LogP contribution in [0.15, 0.2) is 0 Å². The van der Waals surface area contributed by atoms with E-state index >= 15 is 0 Å². The molecule has 0 bridgehead atoms. The summed E-state index contributed by atoms with van der Waals surface area (Å²) < 4.78 is 10.4. The maximum absolute atomic E-state index is 6.31. The van der Waals surface area contributed by atoms with E-state index in [-0.39, 0.29) is 0 Å². The molecular weight excluding hydrogens is 212 g/mol. The van der Waals surface area contributed by atoms with Crippen molar-refractivity contribution in [3.63, 3.8) is 0 Å². The van der Waals surface area contributed by atoms with E-state index < -0.39 is 0 Å². The number of alkyl halides is 1. The number of hydrogen-bond donors (Lipinski definition) is 0. The van der Waals surface area contributed by atoms with Crippen LogP contribution in [0.25, 0.3) is 0 Å². The van der Waals surface area contributed by atoms with Gasteiger partial charge in [-0.3, -0.25) is 0 Å². The first-order chi connectivity index (χ1) is 7.24. The highest BCUT2D eigenvalue weighted by Crippen LogP contribution is 2.34. The Morgan fingerprint density at radius 1 is 1.20 bits per heavy atom. The third-order valence-corrected chi connectivity index (χ3v) is 3.79. The normalized spacial score (nSPS) is 31.8. The second-order valence-corrected chi connectivity index (χ2v) is 5.15. The Bertz CT molecular complexity index is 164. The zero-order valence-electron chi connectivity index (χ0n) is 9.88. The lowest BCUT2D eigenvalue weighted by molar-refractivity contribution is 0.0599. The fourth-order valence-corrected chi connectivity index (χ4v) is 2.59. The SMILES string of the molecule is COCCOCCC1CC(C)CCC1Cl. The Balaban J connectivity index is 2.08. The van der Waals surface area contributed by atoms with Gasteiger partial charge in [0.15, 0.2) is 0 Å².